The Balaban J connectivity index is 0.00000289. The van der Waals surface area contributed by atoms with Gasteiger partial charge < -0.3 is 15.2 Å². The van der Waals surface area contributed by atoms with Gasteiger partial charge in [-0.2, -0.15) is 0 Å². The maximum absolute atomic E-state index is 6.11. The molecule has 0 radical (unpaired) electrons. The number of methoxy groups -OCH3 is 2. The number of rotatable bonds is 5. The Morgan fingerprint density at radius 1 is 1.33 bits per heavy atom. The minimum atomic E-state index is -0.0941. The molecule has 1 rings (SSSR count). The predicted octanol–water partition coefficient (Wildman–Crippen LogP) is 3.85. The first-order valence-corrected chi connectivity index (χ1v) is 6.10. The molecule has 0 aliphatic carbocycles. The molecule has 0 bridgehead atoms. The second kappa shape index (κ2) is 7.67. The van der Waals surface area contributed by atoms with E-state index >= 15 is 0 Å². The van der Waals surface area contributed by atoms with Crippen molar-refractivity contribution in [1.82, 2.24) is 0 Å². The standard InChI is InChI=1S/C13H18BrNO2.ClH/c1-8(2)5-10(15)9-6-11(16-3)13(14)12(7-9)17-4;/h6-7,10H,1,5,15H2,2-4H3;1H/t10-;/m1./s1. The van der Waals surface area contributed by atoms with Crippen molar-refractivity contribution in [1.29, 1.82) is 0 Å². The maximum Gasteiger partial charge on any atom is 0.137 e. The van der Waals surface area contributed by atoms with E-state index in [1.54, 1.807) is 14.2 Å². The van der Waals surface area contributed by atoms with Crippen LogP contribution in [0.4, 0.5) is 0 Å². The van der Waals surface area contributed by atoms with Gasteiger partial charge >= 0.3 is 0 Å². The second-order valence-electron chi connectivity index (χ2n) is 4.01. The number of benzene rings is 1. The van der Waals surface area contributed by atoms with Gasteiger partial charge in [-0.1, -0.05) is 5.57 Å². The molecule has 102 valence electrons. The van der Waals surface area contributed by atoms with Gasteiger partial charge in [-0.3, -0.25) is 0 Å². The smallest absolute Gasteiger partial charge is 0.137 e. The minimum absolute atomic E-state index is 0. The molecule has 18 heavy (non-hydrogen) atoms. The van der Waals surface area contributed by atoms with Crippen LogP contribution in [0.2, 0.25) is 0 Å². The zero-order chi connectivity index (χ0) is 13.0. The van der Waals surface area contributed by atoms with E-state index in [9.17, 15) is 0 Å². The van der Waals surface area contributed by atoms with Gasteiger partial charge in [0.25, 0.3) is 0 Å². The van der Waals surface area contributed by atoms with Crippen molar-refractivity contribution in [3.05, 3.63) is 34.3 Å². The third-order valence-corrected chi connectivity index (χ3v) is 3.25. The molecule has 0 fully saturated rings. The SMILES string of the molecule is C=C(C)C[C@@H](N)c1cc(OC)c(Br)c(OC)c1.Cl. The van der Waals surface area contributed by atoms with Gasteiger partial charge in [0.2, 0.25) is 0 Å². The van der Waals surface area contributed by atoms with Gasteiger partial charge in [-0.15, -0.1) is 19.0 Å². The van der Waals surface area contributed by atoms with E-state index in [1.807, 2.05) is 19.1 Å². The lowest BCUT2D eigenvalue weighted by molar-refractivity contribution is 0.388. The topological polar surface area (TPSA) is 44.5 Å². The summed E-state index contributed by atoms with van der Waals surface area (Å²) in [5.41, 5.74) is 8.14. The molecule has 1 aromatic carbocycles. The Hall–Kier alpha value is -0.710. The summed E-state index contributed by atoms with van der Waals surface area (Å²) in [6.07, 6.45) is 0.744. The highest BCUT2D eigenvalue weighted by Gasteiger charge is 2.14. The van der Waals surface area contributed by atoms with Crippen LogP contribution < -0.4 is 15.2 Å². The largest absolute Gasteiger partial charge is 0.495 e. The fourth-order valence-electron chi connectivity index (χ4n) is 1.60. The highest BCUT2D eigenvalue weighted by Crippen LogP contribution is 2.37. The quantitative estimate of drug-likeness (QED) is 0.831. The highest BCUT2D eigenvalue weighted by molar-refractivity contribution is 9.10. The van der Waals surface area contributed by atoms with Crippen molar-refractivity contribution >= 4 is 28.3 Å². The van der Waals surface area contributed by atoms with Gasteiger partial charge in [-0.25, -0.2) is 0 Å². The van der Waals surface area contributed by atoms with Crippen molar-refractivity contribution in [3.8, 4) is 11.5 Å². The zero-order valence-electron chi connectivity index (χ0n) is 10.8. The average molecular weight is 337 g/mol. The van der Waals surface area contributed by atoms with Crippen molar-refractivity contribution < 1.29 is 9.47 Å². The lowest BCUT2D eigenvalue weighted by Crippen LogP contribution is -2.11. The molecular weight excluding hydrogens is 318 g/mol. The summed E-state index contributed by atoms with van der Waals surface area (Å²) >= 11 is 3.43. The summed E-state index contributed by atoms with van der Waals surface area (Å²) in [7, 11) is 3.24. The molecule has 0 spiro atoms. The Labute approximate surface area is 123 Å². The predicted molar refractivity (Wildman–Crippen MR) is 80.9 cm³/mol. The molecule has 0 aromatic heterocycles. The average Bonchev–Trinajstić information content (AvgIpc) is 2.28. The second-order valence-corrected chi connectivity index (χ2v) is 4.80. The first-order chi connectivity index (χ1) is 7.99. The lowest BCUT2D eigenvalue weighted by atomic mass is 10.0. The van der Waals surface area contributed by atoms with Crippen LogP contribution in [0.5, 0.6) is 11.5 Å². The van der Waals surface area contributed by atoms with Crippen LogP contribution in [-0.2, 0) is 0 Å². The van der Waals surface area contributed by atoms with Gasteiger partial charge in [-0.05, 0) is 47.0 Å². The molecule has 1 aromatic rings. The van der Waals surface area contributed by atoms with Gasteiger partial charge in [0, 0.05) is 6.04 Å². The van der Waals surface area contributed by atoms with Gasteiger partial charge in [0.05, 0.1) is 14.2 Å². The lowest BCUT2D eigenvalue weighted by Gasteiger charge is -2.16. The van der Waals surface area contributed by atoms with Crippen LogP contribution in [0.25, 0.3) is 0 Å². The van der Waals surface area contributed by atoms with Crippen LogP contribution >= 0.6 is 28.3 Å². The summed E-state index contributed by atoms with van der Waals surface area (Å²) in [4.78, 5) is 0. The molecule has 3 nitrogen and oxygen atoms in total. The number of nitrogens with two attached hydrogens (primary N) is 1. The number of ether oxygens (including phenoxy) is 2. The monoisotopic (exact) mass is 335 g/mol. The summed E-state index contributed by atoms with van der Waals surface area (Å²) < 4.78 is 11.4. The highest BCUT2D eigenvalue weighted by atomic mass is 79.9. The van der Waals surface area contributed by atoms with E-state index in [4.69, 9.17) is 15.2 Å². The van der Waals surface area contributed by atoms with E-state index < -0.39 is 0 Å². The summed E-state index contributed by atoms with van der Waals surface area (Å²) in [6.45, 7) is 5.84. The Morgan fingerprint density at radius 3 is 2.11 bits per heavy atom. The molecule has 0 unspecified atom stereocenters. The molecular formula is C13H19BrClNO2. The fourth-order valence-corrected chi connectivity index (χ4v) is 2.15. The van der Waals surface area contributed by atoms with Crippen LogP contribution in [0.1, 0.15) is 24.9 Å². The Kier molecular flexibility index (Phi) is 7.36. The molecule has 0 heterocycles. The minimum Gasteiger partial charge on any atom is -0.495 e. The molecule has 2 N–H and O–H groups in total. The van der Waals surface area contributed by atoms with E-state index in [0.29, 0.717) is 0 Å². The van der Waals surface area contributed by atoms with Crippen LogP contribution in [0.15, 0.2) is 28.8 Å². The maximum atomic E-state index is 6.11. The van der Waals surface area contributed by atoms with Crippen molar-refractivity contribution in [3.63, 3.8) is 0 Å². The molecule has 1 atom stereocenters. The molecule has 0 amide bonds. The Bertz CT molecular complexity index is 398. The molecule has 0 aliphatic rings. The van der Waals surface area contributed by atoms with Crippen molar-refractivity contribution in [2.75, 3.05) is 14.2 Å². The summed E-state index contributed by atoms with van der Waals surface area (Å²) in [6, 6.07) is 3.74. The van der Waals surface area contributed by atoms with Crippen molar-refractivity contribution in [2.24, 2.45) is 5.73 Å². The van der Waals surface area contributed by atoms with Crippen LogP contribution in [0, 0.1) is 0 Å². The molecule has 0 saturated carbocycles. The molecule has 0 saturated heterocycles. The first-order valence-electron chi connectivity index (χ1n) is 5.31. The van der Waals surface area contributed by atoms with E-state index in [2.05, 4.69) is 22.5 Å². The van der Waals surface area contributed by atoms with E-state index in [1.165, 1.54) is 0 Å². The van der Waals surface area contributed by atoms with Crippen molar-refractivity contribution in [2.45, 2.75) is 19.4 Å². The van der Waals surface area contributed by atoms with E-state index in [0.717, 1.165) is 33.5 Å². The fraction of sp³-hybridized carbons (Fsp3) is 0.385. The number of halogens is 2. The summed E-state index contributed by atoms with van der Waals surface area (Å²) in [5, 5.41) is 0. The van der Waals surface area contributed by atoms with Crippen LogP contribution in [-0.4, -0.2) is 14.2 Å². The first kappa shape index (κ1) is 17.3. The van der Waals surface area contributed by atoms with E-state index in [-0.39, 0.29) is 18.4 Å². The number of hydrogen-bond donors (Lipinski definition) is 1. The molecule has 0 aliphatic heterocycles. The zero-order valence-corrected chi connectivity index (χ0v) is 13.2. The van der Waals surface area contributed by atoms with Crippen LogP contribution in [0.3, 0.4) is 0 Å². The summed E-state index contributed by atoms with van der Waals surface area (Å²) in [5.74, 6) is 1.44. The normalized spacial score (nSPS) is 11.4. The van der Waals surface area contributed by atoms with Gasteiger partial charge in [0.15, 0.2) is 0 Å². The third-order valence-electron chi connectivity index (χ3n) is 2.46. The number of hydrogen-bond acceptors (Lipinski definition) is 3. The van der Waals surface area contributed by atoms with Gasteiger partial charge in [0.1, 0.15) is 16.0 Å². The third kappa shape index (κ3) is 4.19. The molecule has 5 heteroatoms. The Morgan fingerprint density at radius 2 is 1.78 bits per heavy atom.